The number of nitrogens with zero attached hydrogens (tertiary/aromatic N) is 1. The first-order valence-corrected chi connectivity index (χ1v) is 7.14. The van der Waals surface area contributed by atoms with Crippen molar-refractivity contribution >= 4 is 16.0 Å². The zero-order valence-corrected chi connectivity index (χ0v) is 11.0. The molecule has 0 aliphatic carbocycles. The molecule has 18 heavy (non-hydrogen) atoms. The molecule has 0 fully saturated rings. The summed E-state index contributed by atoms with van der Waals surface area (Å²) in [5.74, 6) is -1.42. The second-order valence-electron chi connectivity index (χ2n) is 3.99. The second-order valence-corrected chi connectivity index (χ2v) is 5.74. The largest absolute Gasteiger partial charge is 0.480 e. The number of nitrogens with one attached hydrogen (secondary N) is 1. The summed E-state index contributed by atoms with van der Waals surface area (Å²) in [6, 6.07) is 0.387. The van der Waals surface area contributed by atoms with E-state index in [1.807, 2.05) is 0 Å². The lowest BCUT2D eigenvalue weighted by Crippen LogP contribution is -2.41. The van der Waals surface area contributed by atoms with Gasteiger partial charge in [-0.2, -0.15) is 0 Å². The SMILES string of the molecule is CCCC(NS(=O)(=O)Cc1cc(C)no1)C(=O)O. The number of hydrogen-bond acceptors (Lipinski definition) is 5. The Kier molecular flexibility index (Phi) is 4.85. The van der Waals surface area contributed by atoms with Gasteiger partial charge in [-0.3, -0.25) is 4.79 Å². The summed E-state index contributed by atoms with van der Waals surface area (Å²) in [5, 5.41) is 12.4. The van der Waals surface area contributed by atoms with Crippen molar-refractivity contribution in [1.82, 2.24) is 9.88 Å². The van der Waals surface area contributed by atoms with Crippen LogP contribution in [-0.4, -0.2) is 30.7 Å². The number of hydrogen-bond donors (Lipinski definition) is 2. The van der Waals surface area contributed by atoms with Gasteiger partial charge in [0, 0.05) is 6.07 Å². The summed E-state index contributed by atoms with van der Waals surface area (Å²) in [6.07, 6.45) is 0.810. The highest BCUT2D eigenvalue weighted by Gasteiger charge is 2.24. The molecule has 8 heteroatoms. The Morgan fingerprint density at radius 1 is 1.61 bits per heavy atom. The van der Waals surface area contributed by atoms with Crippen molar-refractivity contribution in [2.24, 2.45) is 0 Å². The minimum atomic E-state index is -3.75. The molecule has 7 nitrogen and oxygen atoms in total. The molecular formula is C10H16N2O5S. The third-order valence-corrected chi connectivity index (χ3v) is 3.51. The van der Waals surface area contributed by atoms with Crippen LogP contribution in [0, 0.1) is 6.92 Å². The van der Waals surface area contributed by atoms with Gasteiger partial charge < -0.3 is 9.63 Å². The molecule has 1 aromatic rings. The lowest BCUT2D eigenvalue weighted by atomic mass is 10.2. The lowest BCUT2D eigenvalue weighted by Gasteiger charge is -2.12. The van der Waals surface area contributed by atoms with E-state index in [2.05, 4.69) is 9.88 Å². The average Bonchev–Trinajstić information content (AvgIpc) is 2.62. The van der Waals surface area contributed by atoms with Gasteiger partial charge in [0.2, 0.25) is 10.0 Å². The summed E-state index contributed by atoms with van der Waals surface area (Å²) >= 11 is 0. The Balaban J connectivity index is 2.71. The van der Waals surface area contributed by atoms with Crippen molar-refractivity contribution in [1.29, 1.82) is 0 Å². The summed E-state index contributed by atoms with van der Waals surface area (Å²) in [4.78, 5) is 10.9. The van der Waals surface area contributed by atoms with Crippen LogP contribution < -0.4 is 4.72 Å². The Hall–Kier alpha value is -1.41. The number of aliphatic carboxylic acids is 1. The van der Waals surface area contributed by atoms with Crippen LogP contribution in [0.25, 0.3) is 0 Å². The molecule has 2 N–H and O–H groups in total. The molecule has 1 rings (SSSR count). The highest BCUT2D eigenvalue weighted by atomic mass is 32.2. The highest BCUT2D eigenvalue weighted by molar-refractivity contribution is 7.88. The summed E-state index contributed by atoms with van der Waals surface area (Å²) in [6.45, 7) is 3.45. The minimum Gasteiger partial charge on any atom is -0.480 e. The van der Waals surface area contributed by atoms with Crippen LogP contribution in [0.15, 0.2) is 10.6 Å². The molecule has 0 aliphatic rings. The Bertz CT molecular complexity index is 508. The third kappa shape index (κ3) is 4.46. The van der Waals surface area contributed by atoms with E-state index in [0.717, 1.165) is 0 Å². The van der Waals surface area contributed by atoms with Crippen LogP contribution in [0.1, 0.15) is 31.2 Å². The number of rotatable bonds is 7. The van der Waals surface area contributed by atoms with E-state index in [1.165, 1.54) is 6.07 Å². The number of carboxylic acids is 1. The minimum absolute atomic E-state index is 0.181. The number of carbonyl (C=O) groups is 1. The molecular weight excluding hydrogens is 260 g/mol. The molecule has 0 aliphatic heterocycles. The fourth-order valence-corrected chi connectivity index (χ4v) is 2.70. The molecule has 0 bridgehead atoms. The van der Waals surface area contributed by atoms with Crippen LogP contribution in [0.3, 0.4) is 0 Å². The maximum atomic E-state index is 11.7. The number of sulfonamides is 1. The van der Waals surface area contributed by atoms with Gasteiger partial charge in [-0.25, -0.2) is 13.1 Å². The van der Waals surface area contributed by atoms with Crippen molar-refractivity contribution in [3.63, 3.8) is 0 Å². The number of aryl methyl sites for hydroxylation is 1. The summed E-state index contributed by atoms with van der Waals surface area (Å²) < 4.78 is 30.4. The van der Waals surface area contributed by atoms with Gasteiger partial charge in [0.15, 0.2) is 5.76 Å². The first-order valence-electron chi connectivity index (χ1n) is 5.49. The molecule has 0 saturated carbocycles. The van der Waals surface area contributed by atoms with Gasteiger partial charge in [0.1, 0.15) is 11.8 Å². The smallest absolute Gasteiger partial charge is 0.321 e. The highest BCUT2D eigenvalue weighted by Crippen LogP contribution is 2.08. The van der Waals surface area contributed by atoms with E-state index in [0.29, 0.717) is 12.1 Å². The molecule has 0 aromatic carbocycles. The first-order chi connectivity index (χ1) is 8.34. The molecule has 0 spiro atoms. The van der Waals surface area contributed by atoms with Gasteiger partial charge in [-0.05, 0) is 13.3 Å². The van der Waals surface area contributed by atoms with Gasteiger partial charge in [0.25, 0.3) is 0 Å². The molecule has 1 unspecified atom stereocenters. The Morgan fingerprint density at radius 3 is 2.72 bits per heavy atom. The van der Waals surface area contributed by atoms with Gasteiger partial charge in [0.05, 0.1) is 5.69 Å². The topological polar surface area (TPSA) is 110 Å². The molecule has 102 valence electrons. The van der Waals surface area contributed by atoms with Crippen molar-refractivity contribution in [3.8, 4) is 0 Å². The zero-order valence-electron chi connectivity index (χ0n) is 10.2. The zero-order chi connectivity index (χ0) is 13.8. The standard InChI is InChI=1S/C10H16N2O5S/c1-3-4-9(10(13)14)12-18(15,16)6-8-5-7(2)11-17-8/h5,9,12H,3-4,6H2,1-2H3,(H,13,14). The van der Waals surface area contributed by atoms with Crippen molar-refractivity contribution in [2.45, 2.75) is 38.5 Å². The summed E-state index contributed by atoms with van der Waals surface area (Å²) in [7, 11) is -3.75. The molecule has 1 atom stereocenters. The predicted molar refractivity (Wildman–Crippen MR) is 63.3 cm³/mol. The predicted octanol–water partition coefficient (Wildman–Crippen LogP) is 0.656. The molecule has 0 saturated heterocycles. The van der Waals surface area contributed by atoms with E-state index in [1.54, 1.807) is 13.8 Å². The van der Waals surface area contributed by atoms with E-state index in [-0.39, 0.29) is 12.2 Å². The van der Waals surface area contributed by atoms with Gasteiger partial charge in [-0.15, -0.1) is 0 Å². The van der Waals surface area contributed by atoms with Crippen LogP contribution >= 0.6 is 0 Å². The number of aromatic nitrogens is 1. The third-order valence-electron chi connectivity index (χ3n) is 2.21. The van der Waals surface area contributed by atoms with E-state index in [9.17, 15) is 13.2 Å². The fraction of sp³-hybridized carbons (Fsp3) is 0.600. The Morgan fingerprint density at radius 2 is 2.28 bits per heavy atom. The fourth-order valence-electron chi connectivity index (χ4n) is 1.45. The molecule has 0 amide bonds. The second kappa shape index (κ2) is 5.96. The van der Waals surface area contributed by atoms with Crippen molar-refractivity contribution in [3.05, 3.63) is 17.5 Å². The maximum Gasteiger partial charge on any atom is 0.321 e. The van der Waals surface area contributed by atoms with Gasteiger partial charge >= 0.3 is 5.97 Å². The Labute approximate surface area is 105 Å². The normalized spacial score (nSPS) is 13.4. The molecule has 1 heterocycles. The average molecular weight is 276 g/mol. The van der Waals surface area contributed by atoms with Crippen molar-refractivity contribution < 1.29 is 22.8 Å². The number of carboxylic acid groups (broad SMARTS) is 1. The quantitative estimate of drug-likeness (QED) is 0.757. The maximum absolute atomic E-state index is 11.7. The molecule has 0 radical (unpaired) electrons. The van der Waals surface area contributed by atoms with E-state index in [4.69, 9.17) is 9.63 Å². The molecule has 1 aromatic heterocycles. The summed E-state index contributed by atoms with van der Waals surface area (Å²) in [5.41, 5.74) is 0.573. The van der Waals surface area contributed by atoms with E-state index >= 15 is 0 Å². The van der Waals surface area contributed by atoms with Crippen LogP contribution in [0.2, 0.25) is 0 Å². The van der Waals surface area contributed by atoms with Crippen LogP contribution in [0.4, 0.5) is 0 Å². The van der Waals surface area contributed by atoms with Crippen LogP contribution in [-0.2, 0) is 20.6 Å². The van der Waals surface area contributed by atoms with Gasteiger partial charge in [-0.1, -0.05) is 18.5 Å². The van der Waals surface area contributed by atoms with E-state index < -0.39 is 27.8 Å². The monoisotopic (exact) mass is 276 g/mol. The first kappa shape index (κ1) is 14.7. The van der Waals surface area contributed by atoms with Crippen molar-refractivity contribution in [2.75, 3.05) is 0 Å². The lowest BCUT2D eigenvalue weighted by molar-refractivity contribution is -0.139. The van der Waals surface area contributed by atoms with Crippen LogP contribution in [0.5, 0.6) is 0 Å².